The van der Waals surface area contributed by atoms with Crippen molar-refractivity contribution in [2.45, 2.75) is 45.1 Å². The van der Waals surface area contributed by atoms with Crippen LogP contribution in [0.4, 0.5) is 0 Å². The van der Waals surface area contributed by atoms with Crippen molar-refractivity contribution in [3.05, 3.63) is 0 Å². The van der Waals surface area contributed by atoms with Crippen LogP contribution in [0.25, 0.3) is 0 Å². The van der Waals surface area contributed by atoms with Crippen LogP contribution < -0.4 is 5.32 Å². The molecule has 0 spiro atoms. The van der Waals surface area contributed by atoms with Gasteiger partial charge in [-0.1, -0.05) is 19.8 Å². The van der Waals surface area contributed by atoms with Crippen LogP contribution in [0.2, 0.25) is 0 Å². The molecule has 0 radical (unpaired) electrons. The van der Waals surface area contributed by atoms with E-state index in [1.54, 1.807) is 0 Å². The average Bonchev–Trinajstić information content (AvgIpc) is 2.19. The molecule has 0 aromatic rings. The van der Waals surface area contributed by atoms with Crippen LogP contribution in [0, 0.1) is 5.92 Å². The Morgan fingerprint density at radius 2 is 2.08 bits per heavy atom. The van der Waals surface area contributed by atoms with E-state index in [0.29, 0.717) is 6.10 Å². The Balaban J connectivity index is 2.19. The van der Waals surface area contributed by atoms with Crippen LogP contribution in [0.15, 0.2) is 0 Å². The van der Waals surface area contributed by atoms with E-state index >= 15 is 0 Å². The van der Waals surface area contributed by atoms with Gasteiger partial charge in [0.1, 0.15) is 0 Å². The molecular weight excluding hydrogens is 162 g/mol. The summed E-state index contributed by atoms with van der Waals surface area (Å²) in [5, 5.41) is 3.38. The van der Waals surface area contributed by atoms with Crippen LogP contribution >= 0.6 is 0 Å². The van der Waals surface area contributed by atoms with E-state index in [1.165, 1.54) is 32.1 Å². The van der Waals surface area contributed by atoms with Crippen molar-refractivity contribution in [1.29, 1.82) is 0 Å². The molecule has 1 fully saturated rings. The number of hydrogen-bond donors (Lipinski definition) is 1. The highest BCUT2D eigenvalue weighted by molar-refractivity contribution is 4.76. The van der Waals surface area contributed by atoms with E-state index in [4.69, 9.17) is 4.74 Å². The first kappa shape index (κ1) is 11.0. The molecule has 0 aliphatic heterocycles. The Morgan fingerprint density at radius 3 is 2.77 bits per heavy atom. The first-order valence-electron chi connectivity index (χ1n) is 5.62. The molecule has 2 nitrogen and oxygen atoms in total. The van der Waals surface area contributed by atoms with Crippen molar-refractivity contribution in [2.75, 3.05) is 20.2 Å². The molecule has 0 aromatic heterocycles. The van der Waals surface area contributed by atoms with Gasteiger partial charge >= 0.3 is 0 Å². The zero-order chi connectivity index (χ0) is 9.52. The number of rotatable bonds is 5. The second-order valence-corrected chi connectivity index (χ2v) is 3.96. The summed E-state index contributed by atoms with van der Waals surface area (Å²) in [5.74, 6) is 0.804. The van der Waals surface area contributed by atoms with Gasteiger partial charge in [-0.15, -0.1) is 0 Å². The summed E-state index contributed by atoms with van der Waals surface area (Å²) in [6.07, 6.45) is 7.21. The minimum absolute atomic E-state index is 0.535. The minimum atomic E-state index is 0.535. The van der Waals surface area contributed by atoms with Crippen molar-refractivity contribution in [3.63, 3.8) is 0 Å². The van der Waals surface area contributed by atoms with E-state index in [1.807, 2.05) is 7.11 Å². The largest absolute Gasteiger partial charge is 0.381 e. The lowest BCUT2D eigenvalue weighted by atomic mass is 9.84. The molecule has 1 aliphatic rings. The molecule has 1 rings (SSSR count). The van der Waals surface area contributed by atoms with Gasteiger partial charge < -0.3 is 10.1 Å². The van der Waals surface area contributed by atoms with Gasteiger partial charge in [0.25, 0.3) is 0 Å². The molecular formula is C11H23NO. The molecule has 1 aliphatic carbocycles. The maximum Gasteiger partial charge on any atom is 0.0600 e. The van der Waals surface area contributed by atoms with Crippen molar-refractivity contribution in [3.8, 4) is 0 Å². The van der Waals surface area contributed by atoms with Crippen molar-refractivity contribution in [2.24, 2.45) is 5.92 Å². The van der Waals surface area contributed by atoms with Gasteiger partial charge in [0.15, 0.2) is 0 Å². The fourth-order valence-electron chi connectivity index (χ4n) is 2.28. The molecule has 1 N–H and O–H groups in total. The standard InChI is InChI=1S/C11H23NO/c1-3-12-9-8-10-6-4-5-7-11(10)13-2/h10-12H,3-9H2,1-2H3/t10-,11+/m1/s1. The average molecular weight is 185 g/mol. The molecule has 78 valence electrons. The Morgan fingerprint density at radius 1 is 1.31 bits per heavy atom. The van der Waals surface area contributed by atoms with Crippen molar-refractivity contribution >= 4 is 0 Å². The van der Waals surface area contributed by atoms with Crippen LogP contribution in [-0.4, -0.2) is 26.3 Å². The van der Waals surface area contributed by atoms with Crippen LogP contribution in [0.5, 0.6) is 0 Å². The van der Waals surface area contributed by atoms with Gasteiger partial charge in [0, 0.05) is 7.11 Å². The Kier molecular flexibility index (Phi) is 5.40. The summed E-state index contributed by atoms with van der Waals surface area (Å²) < 4.78 is 5.51. The van der Waals surface area contributed by atoms with E-state index < -0.39 is 0 Å². The van der Waals surface area contributed by atoms with Gasteiger partial charge in [-0.05, 0) is 38.3 Å². The fourth-order valence-corrected chi connectivity index (χ4v) is 2.28. The topological polar surface area (TPSA) is 21.3 Å². The van der Waals surface area contributed by atoms with E-state index in [-0.39, 0.29) is 0 Å². The van der Waals surface area contributed by atoms with Gasteiger partial charge in [-0.3, -0.25) is 0 Å². The lowest BCUT2D eigenvalue weighted by Crippen LogP contribution is -2.29. The summed E-state index contributed by atoms with van der Waals surface area (Å²) in [6, 6.07) is 0. The van der Waals surface area contributed by atoms with E-state index in [2.05, 4.69) is 12.2 Å². The van der Waals surface area contributed by atoms with Gasteiger partial charge in [0.2, 0.25) is 0 Å². The zero-order valence-corrected chi connectivity index (χ0v) is 9.01. The molecule has 2 atom stereocenters. The molecule has 0 unspecified atom stereocenters. The monoisotopic (exact) mass is 185 g/mol. The predicted molar refractivity (Wildman–Crippen MR) is 55.9 cm³/mol. The van der Waals surface area contributed by atoms with Crippen LogP contribution in [-0.2, 0) is 4.74 Å². The second-order valence-electron chi connectivity index (χ2n) is 3.96. The maximum absolute atomic E-state index is 5.51. The lowest BCUT2D eigenvalue weighted by Gasteiger charge is -2.30. The SMILES string of the molecule is CCNCC[C@H]1CCCC[C@@H]1OC. The maximum atomic E-state index is 5.51. The van der Waals surface area contributed by atoms with Crippen LogP contribution in [0.1, 0.15) is 39.0 Å². The molecule has 0 amide bonds. The third-order valence-electron chi connectivity index (χ3n) is 3.08. The minimum Gasteiger partial charge on any atom is -0.381 e. The number of nitrogens with one attached hydrogen (secondary N) is 1. The van der Waals surface area contributed by atoms with E-state index in [9.17, 15) is 0 Å². The molecule has 0 saturated heterocycles. The van der Waals surface area contributed by atoms with Crippen molar-refractivity contribution in [1.82, 2.24) is 5.32 Å². The number of hydrogen-bond acceptors (Lipinski definition) is 2. The first-order chi connectivity index (χ1) is 6.38. The highest BCUT2D eigenvalue weighted by Crippen LogP contribution is 2.28. The number of ether oxygens (including phenoxy) is 1. The van der Waals surface area contributed by atoms with Gasteiger partial charge in [-0.25, -0.2) is 0 Å². The molecule has 0 heterocycles. The van der Waals surface area contributed by atoms with Crippen LogP contribution in [0.3, 0.4) is 0 Å². The summed E-state index contributed by atoms with van der Waals surface area (Å²) in [4.78, 5) is 0. The predicted octanol–water partition coefficient (Wildman–Crippen LogP) is 2.19. The van der Waals surface area contributed by atoms with Gasteiger partial charge in [0.05, 0.1) is 6.10 Å². The molecule has 2 heteroatoms. The van der Waals surface area contributed by atoms with Gasteiger partial charge in [-0.2, -0.15) is 0 Å². The zero-order valence-electron chi connectivity index (χ0n) is 9.01. The summed E-state index contributed by atoms with van der Waals surface area (Å²) in [7, 11) is 1.86. The van der Waals surface area contributed by atoms with E-state index in [0.717, 1.165) is 19.0 Å². The highest BCUT2D eigenvalue weighted by atomic mass is 16.5. The normalized spacial score (nSPS) is 29.1. The molecule has 1 saturated carbocycles. The third-order valence-corrected chi connectivity index (χ3v) is 3.08. The smallest absolute Gasteiger partial charge is 0.0600 e. The molecule has 0 bridgehead atoms. The lowest BCUT2D eigenvalue weighted by molar-refractivity contribution is 0.0206. The summed E-state index contributed by atoms with van der Waals surface area (Å²) in [5.41, 5.74) is 0. The van der Waals surface area contributed by atoms with Crippen molar-refractivity contribution < 1.29 is 4.74 Å². The Hall–Kier alpha value is -0.0800. The molecule has 0 aromatic carbocycles. The molecule has 13 heavy (non-hydrogen) atoms. The highest BCUT2D eigenvalue weighted by Gasteiger charge is 2.23. The summed E-state index contributed by atoms with van der Waals surface area (Å²) >= 11 is 0. The number of methoxy groups -OCH3 is 1. The fraction of sp³-hybridized carbons (Fsp3) is 1.00. The second kappa shape index (κ2) is 6.39. The third kappa shape index (κ3) is 3.65. The quantitative estimate of drug-likeness (QED) is 0.663. The first-order valence-corrected chi connectivity index (χ1v) is 5.62. The Bertz CT molecular complexity index is 127. The summed E-state index contributed by atoms with van der Waals surface area (Å²) in [6.45, 7) is 4.40. The Labute approximate surface area is 82.0 Å².